The van der Waals surface area contributed by atoms with Crippen molar-refractivity contribution in [1.82, 2.24) is 0 Å². The minimum atomic E-state index is -1.29. The molecule has 0 radical (unpaired) electrons. The van der Waals surface area contributed by atoms with E-state index in [0.29, 0.717) is 0 Å². The molecule has 0 aliphatic carbocycles. The van der Waals surface area contributed by atoms with Gasteiger partial charge in [0.2, 0.25) is 0 Å². The summed E-state index contributed by atoms with van der Waals surface area (Å²) in [5.74, 6) is -2.56. The Kier molecular flexibility index (Phi) is 2.98. The van der Waals surface area contributed by atoms with Crippen LogP contribution in [0.4, 0.5) is 5.69 Å². The molecule has 0 amide bonds. The van der Waals surface area contributed by atoms with Gasteiger partial charge in [0.05, 0.1) is 11.0 Å². The highest BCUT2D eigenvalue weighted by Crippen LogP contribution is 2.19. The second kappa shape index (κ2) is 4.19. The molecule has 1 N–H and O–H groups in total. The molecular weight excluding hydrogens is 200 g/mol. The maximum atomic E-state index is 10.6. The zero-order chi connectivity index (χ0) is 11.4. The third kappa shape index (κ3) is 2.28. The van der Waals surface area contributed by atoms with E-state index in [4.69, 9.17) is 10.4 Å². The molecule has 0 spiro atoms. The van der Waals surface area contributed by atoms with Crippen LogP contribution in [0.3, 0.4) is 0 Å². The van der Waals surface area contributed by atoms with Gasteiger partial charge in [0.25, 0.3) is 5.69 Å². The van der Waals surface area contributed by atoms with Crippen molar-refractivity contribution in [2.45, 2.75) is 5.92 Å². The summed E-state index contributed by atoms with van der Waals surface area (Å²) in [6, 6.07) is 6.46. The average Bonchev–Trinajstić information content (AvgIpc) is 2.19. The van der Waals surface area contributed by atoms with E-state index in [-0.39, 0.29) is 11.3 Å². The smallest absolute Gasteiger partial charge is 0.325 e. The van der Waals surface area contributed by atoms with Gasteiger partial charge in [0.15, 0.2) is 5.92 Å². The van der Waals surface area contributed by atoms with Crippen LogP contribution in [0.25, 0.3) is 0 Å². The van der Waals surface area contributed by atoms with E-state index >= 15 is 0 Å². The van der Waals surface area contributed by atoms with Crippen molar-refractivity contribution >= 4 is 11.7 Å². The zero-order valence-corrected chi connectivity index (χ0v) is 7.45. The lowest BCUT2D eigenvalue weighted by Gasteiger charge is -2.02. The SMILES string of the molecule is N#CC(C(=O)O)c1ccc([N+](=O)[O-])cc1. The van der Waals surface area contributed by atoms with Crippen molar-refractivity contribution < 1.29 is 14.8 Å². The topological polar surface area (TPSA) is 104 Å². The number of carboxylic acid groups (broad SMARTS) is 1. The van der Waals surface area contributed by atoms with E-state index in [0.717, 1.165) is 0 Å². The summed E-state index contributed by atoms with van der Waals surface area (Å²) in [5, 5.41) is 27.5. The lowest BCUT2D eigenvalue weighted by molar-refractivity contribution is -0.384. The lowest BCUT2D eigenvalue weighted by Crippen LogP contribution is -2.09. The molecule has 6 nitrogen and oxygen atoms in total. The number of non-ortho nitro benzene ring substituents is 1. The van der Waals surface area contributed by atoms with Crippen LogP contribution >= 0.6 is 0 Å². The van der Waals surface area contributed by atoms with E-state index in [1.807, 2.05) is 0 Å². The van der Waals surface area contributed by atoms with E-state index in [2.05, 4.69) is 0 Å². The predicted molar refractivity (Wildman–Crippen MR) is 49.1 cm³/mol. The number of hydrogen-bond acceptors (Lipinski definition) is 4. The Labute approximate surface area is 84.5 Å². The molecule has 0 saturated carbocycles. The van der Waals surface area contributed by atoms with Crippen molar-refractivity contribution in [3.63, 3.8) is 0 Å². The van der Waals surface area contributed by atoms with Gasteiger partial charge in [-0.3, -0.25) is 14.9 Å². The van der Waals surface area contributed by atoms with Crippen molar-refractivity contribution in [2.75, 3.05) is 0 Å². The number of nitriles is 1. The van der Waals surface area contributed by atoms with Gasteiger partial charge in [-0.15, -0.1) is 0 Å². The lowest BCUT2D eigenvalue weighted by atomic mass is 10.0. The number of rotatable bonds is 3. The molecule has 1 aromatic carbocycles. The Morgan fingerprint density at radius 2 is 2.00 bits per heavy atom. The minimum Gasteiger partial charge on any atom is -0.480 e. The molecule has 1 atom stereocenters. The van der Waals surface area contributed by atoms with Crippen LogP contribution in [-0.2, 0) is 4.79 Å². The Morgan fingerprint density at radius 1 is 1.47 bits per heavy atom. The fourth-order valence-electron chi connectivity index (χ4n) is 1.06. The fourth-order valence-corrected chi connectivity index (χ4v) is 1.06. The van der Waals surface area contributed by atoms with Gasteiger partial charge in [-0.1, -0.05) is 12.1 Å². The van der Waals surface area contributed by atoms with Gasteiger partial charge in [0, 0.05) is 12.1 Å². The summed E-state index contributed by atoms with van der Waals surface area (Å²) in [7, 11) is 0. The molecule has 0 fully saturated rings. The first kappa shape index (κ1) is 10.7. The molecule has 0 heterocycles. The summed E-state index contributed by atoms with van der Waals surface area (Å²) in [4.78, 5) is 20.3. The summed E-state index contributed by atoms with van der Waals surface area (Å²) >= 11 is 0. The Hall–Kier alpha value is -2.42. The van der Waals surface area contributed by atoms with Crippen molar-refractivity contribution in [3.05, 3.63) is 39.9 Å². The maximum absolute atomic E-state index is 10.6. The van der Waals surface area contributed by atoms with Crippen LogP contribution in [0.1, 0.15) is 11.5 Å². The van der Waals surface area contributed by atoms with Gasteiger partial charge in [-0.25, -0.2) is 0 Å². The molecule has 0 saturated heterocycles. The molecule has 0 aliphatic rings. The zero-order valence-electron chi connectivity index (χ0n) is 7.45. The van der Waals surface area contributed by atoms with Crippen LogP contribution < -0.4 is 0 Å². The van der Waals surface area contributed by atoms with Crippen LogP contribution in [-0.4, -0.2) is 16.0 Å². The summed E-state index contributed by atoms with van der Waals surface area (Å²) in [6.45, 7) is 0. The fraction of sp³-hybridized carbons (Fsp3) is 0.111. The Morgan fingerprint density at radius 3 is 2.33 bits per heavy atom. The van der Waals surface area contributed by atoms with Crippen LogP contribution in [0, 0.1) is 21.4 Å². The van der Waals surface area contributed by atoms with E-state index in [1.165, 1.54) is 24.3 Å². The number of nitrogens with zero attached hydrogens (tertiary/aromatic N) is 2. The van der Waals surface area contributed by atoms with Crippen LogP contribution in [0.5, 0.6) is 0 Å². The molecular formula is C9H6N2O4. The summed E-state index contributed by atoms with van der Waals surface area (Å²) in [5.41, 5.74) is 0.0939. The number of nitro groups is 1. The number of carboxylic acids is 1. The normalized spacial score (nSPS) is 11.4. The molecule has 1 aromatic rings. The van der Waals surface area contributed by atoms with Crippen molar-refractivity contribution in [2.24, 2.45) is 0 Å². The molecule has 6 heteroatoms. The van der Waals surface area contributed by atoms with Crippen molar-refractivity contribution in [3.8, 4) is 6.07 Å². The predicted octanol–water partition coefficient (Wildman–Crippen LogP) is 1.29. The highest BCUT2D eigenvalue weighted by Gasteiger charge is 2.19. The van der Waals surface area contributed by atoms with Crippen molar-refractivity contribution in [1.29, 1.82) is 5.26 Å². The first-order valence-electron chi connectivity index (χ1n) is 3.93. The summed E-state index contributed by atoms with van der Waals surface area (Å²) in [6.07, 6.45) is 0. The van der Waals surface area contributed by atoms with E-state index in [1.54, 1.807) is 6.07 Å². The number of benzene rings is 1. The highest BCUT2D eigenvalue weighted by atomic mass is 16.6. The second-order valence-electron chi connectivity index (χ2n) is 2.75. The van der Waals surface area contributed by atoms with Gasteiger partial charge in [0.1, 0.15) is 0 Å². The molecule has 0 bridgehead atoms. The van der Waals surface area contributed by atoms with Gasteiger partial charge >= 0.3 is 5.97 Å². The first-order valence-corrected chi connectivity index (χ1v) is 3.93. The monoisotopic (exact) mass is 206 g/mol. The van der Waals surface area contributed by atoms with Gasteiger partial charge < -0.3 is 5.11 Å². The highest BCUT2D eigenvalue weighted by molar-refractivity contribution is 5.79. The number of nitro benzene ring substituents is 1. The minimum absolute atomic E-state index is 0.138. The Bertz CT molecular complexity index is 432. The summed E-state index contributed by atoms with van der Waals surface area (Å²) < 4.78 is 0. The molecule has 1 rings (SSSR count). The average molecular weight is 206 g/mol. The molecule has 76 valence electrons. The quantitative estimate of drug-likeness (QED) is 0.592. The number of carbonyl (C=O) groups is 1. The second-order valence-corrected chi connectivity index (χ2v) is 2.75. The molecule has 15 heavy (non-hydrogen) atoms. The number of aliphatic carboxylic acids is 1. The molecule has 0 aliphatic heterocycles. The van der Waals surface area contributed by atoms with Gasteiger partial charge in [-0.2, -0.15) is 5.26 Å². The first-order chi connectivity index (χ1) is 7.06. The van der Waals surface area contributed by atoms with Crippen LogP contribution in [0.15, 0.2) is 24.3 Å². The van der Waals surface area contributed by atoms with E-state index in [9.17, 15) is 14.9 Å². The van der Waals surface area contributed by atoms with E-state index < -0.39 is 16.8 Å². The largest absolute Gasteiger partial charge is 0.480 e. The third-order valence-electron chi connectivity index (χ3n) is 1.81. The number of hydrogen-bond donors (Lipinski definition) is 1. The Balaban J connectivity index is 3.03. The molecule has 1 unspecified atom stereocenters. The van der Waals surface area contributed by atoms with Crippen LogP contribution in [0.2, 0.25) is 0 Å². The van der Waals surface area contributed by atoms with Gasteiger partial charge in [-0.05, 0) is 5.56 Å². The third-order valence-corrected chi connectivity index (χ3v) is 1.81. The standard InChI is InChI=1S/C9H6N2O4/c10-5-8(9(12)13)6-1-3-7(4-2-6)11(14)15/h1-4,8H,(H,12,13). The maximum Gasteiger partial charge on any atom is 0.325 e. The molecule has 0 aromatic heterocycles.